The third-order valence-corrected chi connectivity index (χ3v) is 2.90. The summed E-state index contributed by atoms with van der Waals surface area (Å²) in [6.07, 6.45) is 4.58. The highest BCUT2D eigenvalue weighted by Gasteiger charge is 2.55. The van der Waals surface area contributed by atoms with Crippen LogP contribution < -0.4 is 0 Å². The SMILES string of the molecule is CC(C)(C)OC1C=CC2C(CO)C12. The van der Waals surface area contributed by atoms with Gasteiger partial charge >= 0.3 is 0 Å². The summed E-state index contributed by atoms with van der Waals surface area (Å²) in [6, 6.07) is 0. The van der Waals surface area contributed by atoms with Crippen LogP contribution in [0.2, 0.25) is 0 Å². The lowest BCUT2D eigenvalue weighted by Crippen LogP contribution is -2.27. The summed E-state index contributed by atoms with van der Waals surface area (Å²) in [7, 11) is 0. The highest BCUT2D eigenvalue weighted by molar-refractivity contribution is 5.22. The van der Waals surface area contributed by atoms with E-state index in [1.807, 2.05) is 0 Å². The minimum absolute atomic E-state index is 0.0769. The van der Waals surface area contributed by atoms with E-state index in [0.717, 1.165) is 0 Å². The molecule has 2 heteroatoms. The molecule has 13 heavy (non-hydrogen) atoms. The highest BCUT2D eigenvalue weighted by Crippen LogP contribution is 2.54. The molecule has 0 aromatic carbocycles. The fraction of sp³-hybridized carbons (Fsp3) is 0.818. The number of rotatable bonds is 2. The molecule has 0 bridgehead atoms. The predicted octanol–water partition coefficient (Wildman–Crippen LogP) is 1.59. The normalized spacial score (nSPS) is 42.2. The maximum absolute atomic E-state index is 9.04. The van der Waals surface area contributed by atoms with E-state index < -0.39 is 0 Å². The molecule has 4 atom stereocenters. The van der Waals surface area contributed by atoms with Crippen LogP contribution in [-0.4, -0.2) is 23.4 Å². The Morgan fingerprint density at radius 2 is 2.00 bits per heavy atom. The first-order valence-electron chi connectivity index (χ1n) is 5.00. The molecule has 0 aromatic heterocycles. The third-order valence-electron chi connectivity index (χ3n) is 2.90. The number of fused-ring (bicyclic) bond motifs is 1. The molecule has 0 radical (unpaired) electrons. The van der Waals surface area contributed by atoms with E-state index in [1.165, 1.54) is 0 Å². The van der Waals surface area contributed by atoms with E-state index in [1.54, 1.807) is 0 Å². The van der Waals surface area contributed by atoms with Gasteiger partial charge in [-0.2, -0.15) is 0 Å². The second-order valence-corrected chi connectivity index (χ2v) is 5.08. The standard InChI is InChI=1S/C11H18O2/c1-11(2,3)13-9-5-4-7-8(6-12)10(7)9/h4-5,7-10,12H,6H2,1-3H3. The number of ether oxygens (including phenoxy) is 1. The first-order valence-corrected chi connectivity index (χ1v) is 5.00. The predicted molar refractivity (Wildman–Crippen MR) is 51.3 cm³/mol. The van der Waals surface area contributed by atoms with Gasteiger partial charge in [0.15, 0.2) is 0 Å². The molecule has 2 aliphatic rings. The van der Waals surface area contributed by atoms with Gasteiger partial charge in [0.25, 0.3) is 0 Å². The van der Waals surface area contributed by atoms with Crippen molar-refractivity contribution in [2.24, 2.45) is 17.8 Å². The van der Waals surface area contributed by atoms with Crippen LogP contribution in [0.25, 0.3) is 0 Å². The van der Waals surface area contributed by atoms with Crippen LogP contribution in [0.15, 0.2) is 12.2 Å². The van der Waals surface area contributed by atoms with Crippen molar-refractivity contribution in [1.29, 1.82) is 0 Å². The summed E-state index contributed by atoms with van der Waals surface area (Å²) in [5, 5.41) is 9.04. The second-order valence-electron chi connectivity index (χ2n) is 5.08. The molecular weight excluding hydrogens is 164 g/mol. The van der Waals surface area contributed by atoms with Crippen molar-refractivity contribution in [2.45, 2.75) is 32.5 Å². The largest absolute Gasteiger partial charge is 0.396 e. The van der Waals surface area contributed by atoms with Gasteiger partial charge in [-0.1, -0.05) is 12.2 Å². The Kier molecular flexibility index (Phi) is 2.00. The Bertz CT molecular complexity index is 227. The topological polar surface area (TPSA) is 29.5 Å². The molecule has 2 nitrogen and oxygen atoms in total. The lowest BCUT2D eigenvalue weighted by atomic mass is 10.1. The Morgan fingerprint density at radius 3 is 2.46 bits per heavy atom. The van der Waals surface area contributed by atoms with E-state index in [0.29, 0.717) is 24.4 Å². The second kappa shape index (κ2) is 2.82. The first kappa shape index (κ1) is 9.22. The van der Waals surface area contributed by atoms with Gasteiger partial charge in [0.2, 0.25) is 0 Å². The zero-order chi connectivity index (χ0) is 9.64. The van der Waals surface area contributed by atoms with Crippen LogP contribution in [-0.2, 0) is 4.74 Å². The van der Waals surface area contributed by atoms with Crippen molar-refractivity contribution in [2.75, 3.05) is 6.61 Å². The van der Waals surface area contributed by atoms with Gasteiger partial charge in [-0.05, 0) is 32.6 Å². The van der Waals surface area contributed by atoms with E-state index in [2.05, 4.69) is 32.9 Å². The molecule has 2 aliphatic carbocycles. The summed E-state index contributed by atoms with van der Waals surface area (Å²) in [4.78, 5) is 0. The molecule has 0 aromatic rings. The Labute approximate surface area is 79.6 Å². The molecule has 0 amide bonds. The van der Waals surface area contributed by atoms with Gasteiger partial charge in [-0.25, -0.2) is 0 Å². The summed E-state index contributed by atoms with van der Waals surface area (Å²) >= 11 is 0. The van der Waals surface area contributed by atoms with Gasteiger partial charge in [-0.15, -0.1) is 0 Å². The van der Waals surface area contributed by atoms with Crippen molar-refractivity contribution in [3.63, 3.8) is 0 Å². The molecule has 0 heterocycles. The van der Waals surface area contributed by atoms with Gasteiger partial charge < -0.3 is 9.84 Å². The fourth-order valence-corrected chi connectivity index (χ4v) is 2.30. The summed E-state index contributed by atoms with van der Waals surface area (Å²) < 4.78 is 5.89. The molecule has 1 N–H and O–H groups in total. The fourth-order valence-electron chi connectivity index (χ4n) is 2.30. The van der Waals surface area contributed by atoms with Crippen molar-refractivity contribution in [3.05, 3.63) is 12.2 Å². The van der Waals surface area contributed by atoms with Crippen molar-refractivity contribution < 1.29 is 9.84 Å². The number of hydrogen-bond acceptors (Lipinski definition) is 2. The molecule has 2 rings (SSSR count). The van der Waals surface area contributed by atoms with Crippen LogP contribution >= 0.6 is 0 Å². The van der Waals surface area contributed by atoms with Crippen LogP contribution in [0.1, 0.15) is 20.8 Å². The Balaban J connectivity index is 1.93. The number of aliphatic hydroxyl groups is 1. The Hall–Kier alpha value is -0.340. The number of aliphatic hydroxyl groups excluding tert-OH is 1. The number of hydrogen-bond donors (Lipinski definition) is 1. The molecule has 0 spiro atoms. The van der Waals surface area contributed by atoms with Crippen LogP contribution in [0.5, 0.6) is 0 Å². The third kappa shape index (κ3) is 1.65. The van der Waals surface area contributed by atoms with E-state index >= 15 is 0 Å². The average molecular weight is 182 g/mol. The molecule has 0 aliphatic heterocycles. The quantitative estimate of drug-likeness (QED) is 0.657. The molecule has 74 valence electrons. The van der Waals surface area contributed by atoms with Gasteiger partial charge in [0.1, 0.15) is 0 Å². The van der Waals surface area contributed by atoms with E-state index in [9.17, 15) is 0 Å². The summed E-state index contributed by atoms with van der Waals surface area (Å²) in [5.41, 5.74) is -0.0769. The van der Waals surface area contributed by atoms with Gasteiger partial charge in [-0.3, -0.25) is 0 Å². The average Bonchev–Trinajstić information content (AvgIpc) is 2.57. The van der Waals surface area contributed by atoms with Crippen molar-refractivity contribution in [3.8, 4) is 0 Å². The summed E-state index contributed by atoms with van der Waals surface area (Å²) in [6.45, 7) is 6.53. The van der Waals surface area contributed by atoms with Crippen molar-refractivity contribution >= 4 is 0 Å². The molecule has 4 unspecified atom stereocenters. The highest BCUT2D eigenvalue weighted by atomic mass is 16.5. The van der Waals surface area contributed by atoms with E-state index in [4.69, 9.17) is 9.84 Å². The zero-order valence-corrected chi connectivity index (χ0v) is 8.53. The number of allylic oxidation sites excluding steroid dienone is 1. The van der Waals surface area contributed by atoms with E-state index in [-0.39, 0.29) is 11.7 Å². The lowest BCUT2D eigenvalue weighted by Gasteiger charge is -2.25. The molecular formula is C11H18O2. The minimum Gasteiger partial charge on any atom is -0.396 e. The molecule has 1 fully saturated rings. The monoisotopic (exact) mass is 182 g/mol. The molecule has 1 saturated carbocycles. The van der Waals surface area contributed by atoms with Crippen LogP contribution in [0, 0.1) is 17.8 Å². The molecule has 0 saturated heterocycles. The van der Waals surface area contributed by atoms with Crippen LogP contribution in [0.3, 0.4) is 0 Å². The van der Waals surface area contributed by atoms with Crippen LogP contribution in [0.4, 0.5) is 0 Å². The zero-order valence-electron chi connectivity index (χ0n) is 8.53. The smallest absolute Gasteiger partial charge is 0.0800 e. The van der Waals surface area contributed by atoms with Gasteiger partial charge in [0, 0.05) is 12.5 Å². The van der Waals surface area contributed by atoms with Crippen molar-refractivity contribution in [1.82, 2.24) is 0 Å². The maximum atomic E-state index is 9.04. The summed E-state index contributed by atoms with van der Waals surface area (Å²) in [5.74, 6) is 1.62. The Morgan fingerprint density at radius 1 is 1.31 bits per heavy atom. The first-order chi connectivity index (χ1) is 6.03. The van der Waals surface area contributed by atoms with Gasteiger partial charge in [0.05, 0.1) is 11.7 Å². The lowest BCUT2D eigenvalue weighted by molar-refractivity contribution is -0.0484. The maximum Gasteiger partial charge on any atom is 0.0800 e. The minimum atomic E-state index is -0.0769.